The van der Waals surface area contributed by atoms with Gasteiger partial charge in [0.1, 0.15) is 11.6 Å². The Bertz CT molecular complexity index is 824. The normalized spacial score (nSPS) is 22.1. The SMILES string of the molecule is CC(C)CC(NC(=O)OC(C)(C)C)C(=O)N1CC2CC(C1)c1cccc(=O)n1C2. The van der Waals surface area contributed by atoms with Crippen LogP contribution in [0.3, 0.4) is 0 Å². The summed E-state index contributed by atoms with van der Waals surface area (Å²) in [5.74, 6) is 0.599. The van der Waals surface area contributed by atoms with Gasteiger partial charge in [-0.05, 0) is 51.5 Å². The molecule has 0 aromatic carbocycles. The summed E-state index contributed by atoms with van der Waals surface area (Å²) in [5, 5.41) is 2.79. The molecule has 1 fully saturated rings. The number of alkyl carbamates (subject to hydrolysis) is 1. The molecule has 160 valence electrons. The van der Waals surface area contributed by atoms with Crippen LogP contribution < -0.4 is 10.9 Å². The minimum absolute atomic E-state index is 0.0289. The van der Waals surface area contributed by atoms with Crippen molar-refractivity contribution in [1.29, 1.82) is 0 Å². The van der Waals surface area contributed by atoms with E-state index in [-0.39, 0.29) is 29.2 Å². The van der Waals surface area contributed by atoms with E-state index < -0.39 is 17.7 Å². The zero-order chi connectivity index (χ0) is 21.3. The maximum Gasteiger partial charge on any atom is 0.408 e. The number of ether oxygens (including phenoxy) is 1. The Kier molecular flexibility index (Phi) is 6.05. The topological polar surface area (TPSA) is 80.6 Å². The Morgan fingerprint density at radius 2 is 1.93 bits per heavy atom. The first-order chi connectivity index (χ1) is 13.5. The highest BCUT2D eigenvalue weighted by Crippen LogP contribution is 2.35. The van der Waals surface area contributed by atoms with Gasteiger partial charge >= 0.3 is 6.09 Å². The Balaban J connectivity index is 1.75. The van der Waals surface area contributed by atoms with Crippen LogP contribution in [-0.4, -0.2) is 46.2 Å². The maximum absolute atomic E-state index is 13.3. The van der Waals surface area contributed by atoms with Gasteiger partial charge in [-0.3, -0.25) is 9.59 Å². The highest BCUT2D eigenvalue weighted by Gasteiger charge is 2.38. The number of pyridine rings is 1. The number of amides is 2. The number of aromatic nitrogens is 1. The molecular formula is C22H33N3O4. The Morgan fingerprint density at radius 1 is 1.21 bits per heavy atom. The van der Waals surface area contributed by atoms with Gasteiger partial charge in [0.15, 0.2) is 0 Å². The van der Waals surface area contributed by atoms with Gasteiger partial charge in [0.05, 0.1) is 0 Å². The van der Waals surface area contributed by atoms with Crippen molar-refractivity contribution in [2.75, 3.05) is 13.1 Å². The second kappa shape index (κ2) is 8.20. The second-order valence-corrected chi connectivity index (χ2v) is 9.77. The number of hydrogen-bond donors (Lipinski definition) is 1. The smallest absolute Gasteiger partial charge is 0.408 e. The number of piperidine rings is 1. The summed E-state index contributed by atoms with van der Waals surface area (Å²) in [6, 6.07) is 4.76. The van der Waals surface area contributed by atoms with Gasteiger partial charge in [-0.15, -0.1) is 0 Å². The van der Waals surface area contributed by atoms with E-state index in [1.165, 1.54) is 0 Å². The monoisotopic (exact) mass is 403 g/mol. The lowest BCUT2D eigenvalue weighted by atomic mass is 9.82. The quantitative estimate of drug-likeness (QED) is 0.838. The third kappa shape index (κ3) is 5.19. The molecule has 2 amide bonds. The fourth-order valence-corrected chi connectivity index (χ4v) is 4.44. The molecule has 3 rings (SSSR count). The summed E-state index contributed by atoms with van der Waals surface area (Å²) in [4.78, 5) is 39.7. The van der Waals surface area contributed by atoms with E-state index in [9.17, 15) is 14.4 Å². The first kappa shape index (κ1) is 21.4. The summed E-state index contributed by atoms with van der Waals surface area (Å²) in [6.07, 6.45) is 0.979. The molecule has 0 saturated carbocycles. The molecule has 1 aromatic rings. The van der Waals surface area contributed by atoms with Crippen molar-refractivity contribution in [2.45, 2.75) is 71.6 Å². The molecule has 2 aliphatic heterocycles. The van der Waals surface area contributed by atoms with Gasteiger partial charge in [0.25, 0.3) is 5.56 Å². The van der Waals surface area contributed by atoms with Gasteiger partial charge in [0.2, 0.25) is 5.91 Å². The highest BCUT2D eigenvalue weighted by atomic mass is 16.6. The number of carbonyl (C=O) groups excluding carboxylic acids is 2. The molecule has 0 spiro atoms. The van der Waals surface area contributed by atoms with Crippen LogP contribution in [0.15, 0.2) is 23.0 Å². The molecule has 2 bridgehead atoms. The molecule has 7 nitrogen and oxygen atoms in total. The first-order valence-electron chi connectivity index (χ1n) is 10.5. The fourth-order valence-electron chi connectivity index (χ4n) is 4.44. The molecule has 7 heteroatoms. The fraction of sp³-hybridized carbons (Fsp3) is 0.682. The van der Waals surface area contributed by atoms with Crippen molar-refractivity contribution < 1.29 is 14.3 Å². The van der Waals surface area contributed by atoms with Crippen LogP contribution >= 0.6 is 0 Å². The van der Waals surface area contributed by atoms with E-state index in [0.717, 1.165) is 12.1 Å². The standard InChI is InChI=1S/C22H33N3O4/c1-14(2)9-17(23-21(28)29-22(3,4)5)20(27)24-11-15-10-16(13-24)18-7-6-8-19(26)25(18)12-15/h6-8,14-17H,9-13H2,1-5H3,(H,23,28). The van der Waals surface area contributed by atoms with E-state index in [1.807, 2.05) is 29.4 Å². The summed E-state index contributed by atoms with van der Waals surface area (Å²) < 4.78 is 7.22. The van der Waals surface area contributed by atoms with E-state index in [2.05, 4.69) is 5.32 Å². The van der Waals surface area contributed by atoms with Crippen molar-refractivity contribution >= 4 is 12.0 Å². The lowest BCUT2D eigenvalue weighted by Gasteiger charge is -2.43. The highest BCUT2D eigenvalue weighted by molar-refractivity contribution is 5.86. The Morgan fingerprint density at radius 3 is 2.59 bits per heavy atom. The summed E-state index contributed by atoms with van der Waals surface area (Å²) >= 11 is 0. The van der Waals surface area contributed by atoms with Gasteiger partial charge in [-0.25, -0.2) is 4.79 Å². The predicted octanol–water partition coefficient (Wildman–Crippen LogP) is 2.73. The molecule has 0 aliphatic carbocycles. The molecule has 1 aromatic heterocycles. The van der Waals surface area contributed by atoms with Crippen LogP contribution in [0.1, 0.15) is 59.1 Å². The Hall–Kier alpha value is -2.31. The first-order valence-corrected chi connectivity index (χ1v) is 10.5. The van der Waals surface area contributed by atoms with Crippen molar-refractivity contribution in [1.82, 2.24) is 14.8 Å². The number of rotatable bonds is 4. The summed E-state index contributed by atoms with van der Waals surface area (Å²) in [5.41, 5.74) is 0.419. The van der Waals surface area contributed by atoms with Crippen LogP contribution in [0.5, 0.6) is 0 Å². The van der Waals surface area contributed by atoms with Gasteiger partial charge in [-0.2, -0.15) is 0 Å². The van der Waals surface area contributed by atoms with Gasteiger partial charge < -0.3 is 19.5 Å². The number of fused-ring (bicyclic) bond motifs is 4. The van der Waals surface area contributed by atoms with Crippen LogP contribution in [0.25, 0.3) is 0 Å². The predicted molar refractivity (Wildman–Crippen MR) is 111 cm³/mol. The van der Waals surface area contributed by atoms with Crippen LogP contribution in [-0.2, 0) is 16.1 Å². The molecule has 1 N–H and O–H groups in total. The molecule has 2 aliphatic rings. The van der Waals surface area contributed by atoms with E-state index in [0.29, 0.717) is 26.1 Å². The van der Waals surface area contributed by atoms with Crippen molar-refractivity contribution in [3.05, 3.63) is 34.2 Å². The number of nitrogens with zero attached hydrogens (tertiary/aromatic N) is 2. The summed E-state index contributed by atoms with van der Waals surface area (Å²) in [6.45, 7) is 11.3. The lowest BCUT2D eigenvalue weighted by molar-refractivity contribution is -0.136. The molecule has 29 heavy (non-hydrogen) atoms. The summed E-state index contributed by atoms with van der Waals surface area (Å²) in [7, 11) is 0. The van der Waals surface area contributed by atoms with Gasteiger partial charge in [0, 0.05) is 37.3 Å². The van der Waals surface area contributed by atoms with Gasteiger partial charge in [-0.1, -0.05) is 19.9 Å². The van der Waals surface area contributed by atoms with Crippen LogP contribution in [0.4, 0.5) is 4.79 Å². The molecule has 3 unspecified atom stereocenters. The van der Waals surface area contributed by atoms with Crippen molar-refractivity contribution in [3.63, 3.8) is 0 Å². The third-order valence-electron chi connectivity index (χ3n) is 5.49. The minimum atomic E-state index is -0.616. The Labute approximate surface area is 172 Å². The van der Waals surface area contributed by atoms with E-state index in [1.54, 1.807) is 32.9 Å². The maximum atomic E-state index is 13.3. The minimum Gasteiger partial charge on any atom is -0.444 e. The molecular weight excluding hydrogens is 370 g/mol. The van der Waals surface area contributed by atoms with Crippen molar-refractivity contribution in [3.8, 4) is 0 Å². The number of hydrogen-bond acceptors (Lipinski definition) is 4. The largest absolute Gasteiger partial charge is 0.444 e. The zero-order valence-corrected chi connectivity index (χ0v) is 18.1. The van der Waals surface area contributed by atoms with Crippen LogP contribution in [0, 0.1) is 11.8 Å². The third-order valence-corrected chi connectivity index (χ3v) is 5.49. The van der Waals surface area contributed by atoms with E-state index >= 15 is 0 Å². The number of carbonyl (C=O) groups is 2. The van der Waals surface area contributed by atoms with E-state index in [4.69, 9.17) is 4.74 Å². The molecule has 1 saturated heterocycles. The van der Waals surface area contributed by atoms with Crippen molar-refractivity contribution in [2.24, 2.45) is 11.8 Å². The second-order valence-electron chi connectivity index (χ2n) is 9.77. The van der Waals surface area contributed by atoms with Crippen LogP contribution in [0.2, 0.25) is 0 Å². The average molecular weight is 404 g/mol. The molecule has 3 heterocycles. The molecule has 0 radical (unpaired) electrons. The number of likely N-dealkylation sites (tertiary alicyclic amines) is 1. The zero-order valence-electron chi connectivity index (χ0n) is 18.1. The number of nitrogens with one attached hydrogen (secondary N) is 1. The lowest BCUT2D eigenvalue weighted by Crippen LogP contribution is -2.55. The average Bonchev–Trinajstić information content (AvgIpc) is 2.59. The molecule has 3 atom stereocenters.